The minimum atomic E-state index is -0.158. The molecule has 0 aliphatic carbocycles. The molecule has 1 aromatic heterocycles. The van der Waals surface area contributed by atoms with E-state index in [1.165, 1.54) is 13.2 Å². The predicted octanol–water partition coefficient (Wildman–Crippen LogP) is 2.32. The number of rotatable bonds is 3. The molecular weight excluding hydrogens is 359 g/mol. The van der Waals surface area contributed by atoms with Crippen LogP contribution in [-0.4, -0.2) is 22.2 Å². The lowest BCUT2D eigenvalue weighted by Gasteiger charge is -2.08. The highest BCUT2D eigenvalue weighted by Gasteiger charge is 2.11. The van der Waals surface area contributed by atoms with E-state index in [1.807, 2.05) is 29.5 Å². The van der Waals surface area contributed by atoms with Gasteiger partial charge in [0.25, 0.3) is 5.56 Å². The number of aromatic amines is 1. The fourth-order valence-corrected chi connectivity index (χ4v) is 2.34. The first kappa shape index (κ1) is 13.9. The zero-order valence-corrected chi connectivity index (χ0v) is 12.7. The van der Waals surface area contributed by atoms with Gasteiger partial charge in [-0.15, -0.1) is 0 Å². The number of nitrogens with one attached hydrogen (secondary N) is 1. The number of H-pyrrole nitrogens is 1. The predicted molar refractivity (Wildman–Crippen MR) is 80.6 cm³/mol. The summed E-state index contributed by atoms with van der Waals surface area (Å²) in [6.45, 7) is 1.95. The molecule has 1 heterocycles. The van der Waals surface area contributed by atoms with E-state index >= 15 is 0 Å². The molecule has 0 atom stereocenters. The first-order chi connectivity index (χ1) is 9.06. The number of nitrogens with zero attached hydrogens (tertiary/aromatic N) is 1. The molecule has 0 amide bonds. The van der Waals surface area contributed by atoms with Crippen LogP contribution < -0.4 is 10.3 Å². The number of methoxy groups -OCH3 is 1. The van der Waals surface area contributed by atoms with Gasteiger partial charge in [0, 0.05) is 5.56 Å². The van der Waals surface area contributed by atoms with Crippen LogP contribution in [0.4, 0.5) is 0 Å². The van der Waals surface area contributed by atoms with Crippen molar-refractivity contribution in [2.75, 3.05) is 7.11 Å². The van der Waals surface area contributed by atoms with Gasteiger partial charge in [-0.1, -0.05) is 6.92 Å². The molecule has 0 radical (unpaired) electrons. The minimum Gasteiger partial charge on any atom is -0.504 e. The number of phenols is 1. The zero-order chi connectivity index (χ0) is 14.0. The van der Waals surface area contributed by atoms with Crippen LogP contribution in [0.3, 0.4) is 0 Å². The second kappa shape index (κ2) is 5.60. The molecule has 0 bridgehead atoms. The summed E-state index contributed by atoms with van der Waals surface area (Å²) in [6, 6.07) is 4.83. The van der Waals surface area contributed by atoms with Crippen molar-refractivity contribution in [1.29, 1.82) is 0 Å². The molecule has 0 saturated heterocycles. The Morgan fingerprint density at radius 1 is 1.47 bits per heavy atom. The van der Waals surface area contributed by atoms with E-state index in [1.54, 1.807) is 12.1 Å². The van der Waals surface area contributed by atoms with E-state index in [4.69, 9.17) is 4.74 Å². The van der Waals surface area contributed by atoms with Crippen molar-refractivity contribution in [3.8, 4) is 22.9 Å². The lowest BCUT2D eigenvalue weighted by molar-refractivity contribution is 0.373. The molecule has 100 valence electrons. The molecule has 6 heteroatoms. The molecule has 0 spiro atoms. The number of halogens is 1. The maximum absolute atomic E-state index is 11.8. The van der Waals surface area contributed by atoms with Crippen LogP contribution in [0.25, 0.3) is 11.4 Å². The van der Waals surface area contributed by atoms with Gasteiger partial charge in [-0.3, -0.25) is 4.79 Å². The Labute approximate surface area is 123 Å². The normalized spacial score (nSPS) is 10.5. The van der Waals surface area contributed by atoms with Crippen LogP contribution in [0.2, 0.25) is 0 Å². The maximum atomic E-state index is 11.8. The molecule has 2 N–H and O–H groups in total. The van der Waals surface area contributed by atoms with Crippen molar-refractivity contribution < 1.29 is 9.84 Å². The lowest BCUT2D eigenvalue weighted by atomic mass is 10.2. The Morgan fingerprint density at radius 3 is 2.84 bits per heavy atom. The Balaban J connectivity index is 2.59. The first-order valence-corrected chi connectivity index (χ1v) is 6.80. The van der Waals surface area contributed by atoms with Crippen molar-refractivity contribution in [1.82, 2.24) is 9.97 Å². The third kappa shape index (κ3) is 2.73. The van der Waals surface area contributed by atoms with Crippen LogP contribution in [0.5, 0.6) is 11.5 Å². The van der Waals surface area contributed by atoms with Crippen LogP contribution in [0, 0.1) is 3.57 Å². The molecule has 19 heavy (non-hydrogen) atoms. The summed E-state index contributed by atoms with van der Waals surface area (Å²) in [5, 5.41) is 9.56. The number of benzene rings is 1. The van der Waals surface area contributed by atoms with Crippen LogP contribution >= 0.6 is 22.6 Å². The molecular formula is C13H13IN2O3. The summed E-state index contributed by atoms with van der Waals surface area (Å²) in [5.74, 6) is 0.868. The first-order valence-electron chi connectivity index (χ1n) is 5.72. The number of aromatic nitrogens is 2. The SMILES string of the molecule is CCc1nc(-c2ccc(O)c(OC)c2)[nH]c(=O)c1I. The van der Waals surface area contributed by atoms with Gasteiger partial charge in [-0.05, 0) is 47.2 Å². The molecule has 0 aliphatic heterocycles. The van der Waals surface area contributed by atoms with Crippen molar-refractivity contribution in [3.05, 3.63) is 37.8 Å². The van der Waals surface area contributed by atoms with Crippen LogP contribution in [0.1, 0.15) is 12.6 Å². The van der Waals surface area contributed by atoms with E-state index in [9.17, 15) is 9.90 Å². The minimum absolute atomic E-state index is 0.0508. The topological polar surface area (TPSA) is 75.2 Å². The van der Waals surface area contributed by atoms with Gasteiger partial charge >= 0.3 is 0 Å². The highest BCUT2D eigenvalue weighted by atomic mass is 127. The summed E-state index contributed by atoms with van der Waals surface area (Å²) in [6.07, 6.45) is 0.685. The van der Waals surface area contributed by atoms with Gasteiger partial charge in [-0.25, -0.2) is 4.98 Å². The van der Waals surface area contributed by atoms with Crippen LogP contribution in [-0.2, 0) is 6.42 Å². The molecule has 0 unspecified atom stereocenters. The Hall–Kier alpha value is -1.57. The maximum Gasteiger partial charge on any atom is 0.264 e. The van der Waals surface area contributed by atoms with Crippen molar-refractivity contribution >= 4 is 22.6 Å². The average Bonchev–Trinajstić information content (AvgIpc) is 2.42. The third-order valence-electron chi connectivity index (χ3n) is 2.72. The van der Waals surface area contributed by atoms with Gasteiger partial charge in [0.15, 0.2) is 11.5 Å². The van der Waals surface area contributed by atoms with Gasteiger partial charge in [0.1, 0.15) is 5.82 Å². The smallest absolute Gasteiger partial charge is 0.264 e. The number of aromatic hydroxyl groups is 1. The van der Waals surface area contributed by atoms with Crippen molar-refractivity contribution in [2.24, 2.45) is 0 Å². The fraction of sp³-hybridized carbons (Fsp3) is 0.231. The molecule has 2 aromatic rings. The zero-order valence-electron chi connectivity index (χ0n) is 10.5. The van der Waals surface area contributed by atoms with E-state index in [0.29, 0.717) is 27.1 Å². The van der Waals surface area contributed by atoms with E-state index < -0.39 is 0 Å². The summed E-state index contributed by atoms with van der Waals surface area (Å²) >= 11 is 1.99. The number of hydrogen-bond donors (Lipinski definition) is 2. The van der Waals surface area contributed by atoms with Gasteiger partial charge < -0.3 is 14.8 Å². The van der Waals surface area contributed by atoms with Gasteiger partial charge in [0.2, 0.25) is 0 Å². The number of phenolic OH excluding ortho intramolecular Hbond substituents is 1. The summed E-state index contributed by atoms with van der Waals surface area (Å²) in [7, 11) is 1.47. The Kier molecular flexibility index (Phi) is 4.08. The van der Waals surface area contributed by atoms with Gasteiger partial charge in [0.05, 0.1) is 16.4 Å². The largest absolute Gasteiger partial charge is 0.504 e. The third-order valence-corrected chi connectivity index (χ3v) is 3.83. The summed E-state index contributed by atoms with van der Waals surface area (Å²) < 4.78 is 5.65. The monoisotopic (exact) mass is 372 g/mol. The highest BCUT2D eigenvalue weighted by Crippen LogP contribution is 2.29. The average molecular weight is 372 g/mol. The number of ether oxygens (including phenoxy) is 1. The Bertz CT molecular complexity index is 667. The lowest BCUT2D eigenvalue weighted by Crippen LogP contribution is -2.16. The van der Waals surface area contributed by atoms with E-state index in [-0.39, 0.29) is 11.3 Å². The molecule has 5 nitrogen and oxygen atoms in total. The Morgan fingerprint density at radius 2 is 2.21 bits per heavy atom. The van der Waals surface area contributed by atoms with Crippen LogP contribution in [0.15, 0.2) is 23.0 Å². The molecule has 0 aliphatic rings. The highest BCUT2D eigenvalue weighted by molar-refractivity contribution is 14.1. The molecule has 0 saturated carbocycles. The second-order valence-corrected chi connectivity index (χ2v) is 4.99. The van der Waals surface area contributed by atoms with E-state index in [2.05, 4.69) is 9.97 Å². The van der Waals surface area contributed by atoms with Crippen molar-refractivity contribution in [2.45, 2.75) is 13.3 Å². The number of hydrogen-bond acceptors (Lipinski definition) is 4. The standard InChI is InChI=1S/C13H13IN2O3/c1-3-8-11(14)13(18)16-12(15-8)7-4-5-9(17)10(6-7)19-2/h4-6,17H,3H2,1-2H3,(H,15,16,18). The fourth-order valence-electron chi connectivity index (χ4n) is 1.70. The summed E-state index contributed by atoms with van der Waals surface area (Å²) in [5.41, 5.74) is 1.29. The summed E-state index contributed by atoms with van der Waals surface area (Å²) in [4.78, 5) is 19.0. The van der Waals surface area contributed by atoms with E-state index in [0.717, 1.165) is 5.69 Å². The van der Waals surface area contributed by atoms with Crippen molar-refractivity contribution in [3.63, 3.8) is 0 Å². The quantitative estimate of drug-likeness (QED) is 0.811. The second-order valence-electron chi connectivity index (χ2n) is 3.92. The molecule has 1 aromatic carbocycles. The number of aryl methyl sites for hydroxylation is 1. The van der Waals surface area contributed by atoms with Gasteiger partial charge in [-0.2, -0.15) is 0 Å². The molecule has 0 fully saturated rings. The molecule has 2 rings (SSSR count).